The summed E-state index contributed by atoms with van der Waals surface area (Å²) >= 11 is 12.5. The lowest BCUT2D eigenvalue weighted by Crippen LogP contribution is -2.05. The Bertz CT molecular complexity index is 1130. The summed E-state index contributed by atoms with van der Waals surface area (Å²) in [6.07, 6.45) is 6.36. The molecule has 1 atom stereocenters. The molecular weight excluding hydrogens is 401 g/mol. The van der Waals surface area contributed by atoms with Crippen molar-refractivity contribution in [2.24, 2.45) is 7.05 Å². The van der Waals surface area contributed by atoms with E-state index in [1.54, 1.807) is 36.4 Å². The summed E-state index contributed by atoms with van der Waals surface area (Å²) in [5.74, 6) is 1.22. The van der Waals surface area contributed by atoms with Crippen LogP contribution in [-0.4, -0.2) is 32.1 Å². The summed E-state index contributed by atoms with van der Waals surface area (Å²) in [5.41, 5.74) is 3.11. The van der Waals surface area contributed by atoms with Crippen molar-refractivity contribution in [2.45, 2.75) is 13.0 Å². The molecule has 144 valence electrons. The largest absolute Gasteiger partial charge is 0.494 e. The van der Waals surface area contributed by atoms with Crippen molar-refractivity contribution in [3.8, 4) is 22.8 Å². The molecule has 0 amide bonds. The number of hydrogen-bond acceptors (Lipinski definition) is 5. The average molecular weight is 418 g/mol. The van der Waals surface area contributed by atoms with Gasteiger partial charge in [-0.05, 0) is 13.0 Å². The second-order valence-corrected chi connectivity index (χ2v) is 7.11. The summed E-state index contributed by atoms with van der Waals surface area (Å²) in [6.45, 7) is 1.88. The highest BCUT2D eigenvalue weighted by molar-refractivity contribution is 6.35. The van der Waals surface area contributed by atoms with Crippen molar-refractivity contribution in [3.63, 3.8) is 0 Å². The smallest absolute Gasteiger partial charge is 0.148 e. The zero-order valence-corrected chi connectivity index (χ0v) is 16.9. The fraction of sp³-hybridized carbons (Fsp3) is 0.211. The minimum Gasteiger partial charge on any atom is -0.494 e. The number of halogens is 2. The van der Waals surface area contributed by atoms with Crippen molar-refractivity contribution in [1.82, 2.24) is 25.0 Å². The predicted octanol–water partition coefficient (Wildman–Crippen LogP) is 4.81. The zero-order valence-electron chi connectivity index (χ0n) is 15.4. The Morgan fingerprint density at radius 3 is 2.54 bits per heavy atom. The van der Waals surface area contributed by atoms with Crippen LogP contribution in [0.25, 0.3) is 22.2 Å². The molecule has 0 radical (unpaired) electrons. The molecule has 1 N–H and O–H groups in total. The van der Waals surface area contributed by atoms with E-state index in [4.69, 9.17) is 32.7 Å². The molecule has 0 aliphatic carbocycles. The van der Waals surface area contributed by atoms with Gasteiger partial charge in [0.2, 0.25) is 0 Å². The van der Waals surface area contributed by atoms with Crippen molar-refractivity contribution in [3.05, 3.63) is 52.5 Å². The van der Waals surface area contributed by atoms with Gasteiger partial charge in [-0.2, -0.15) is 10.2 Å². The third kappa shape index (κ3) is 3.27. The van der Waals surface area contributed by atoms with E-state index in [0.717, 1.165) is 22.2 Å². The van der Waals surface area contributed by atoms with Crippen LogP contribution in [0.1, 0.15) is 18.6 Å². The van der Waals surface area contributed by atoms with Gasteiger partial charge in [0.25, 0.3) is 0 Å². The standard InChI is InChI=1S/C19H17Cl2N5O2/c1-10(17-14(20)7-22-8-15(17)21)28-12-4-13-18(11-6-23-26(2)9-11)24-25-19(13)16(5-12)27-3/h4-10H,1-3H3,(H,24,25)/t10-/m1/s1. The molecule has 0 spiro atoms. The lowest BCUT2D eigenvalue weighted by molar-refractivity contribution is 0.226. The molecule has 4 aromatic rings. The Labute approximate surface area is 171 Å². The number of hydrogen-bond donors (Lipinski definition) is 1. The van der Waals surface area contributed by atoms with E-state index >= 15 is 0 Å². The number of aryl methyl sites for hydroxylation is 1. The third-order valence-corrected chi connectivity index (χ3v) is 5.02. The molecule has 1 aromatic carbocycles. The van der Waals surface area contributed by atoms with Gasteiger partial charge in [0.1, 0.15) is 28.8 Å². The molecule has 0 fully saturated rings. The number of benzene rings is 1. The summed E-state index contributed by atoms with van der Waals surface area (Å²) < 4.78 is 13.4. The van der Waals surface area contributed by atoms with E-state index < -0.39 is 0 Å². The minimum absolute atomic E-state index is 0.390. The van der Waals surface area contributed by atoms with Crippen LogP contribution < -0.4 is 9.47 Å². The third-order valence-electron chi connectivity index (χ3n) is 4.42. The first-order chi connectivity index (χ1) is 13.5. The number of fused-ring (bicyclic) bond motifs is 1. The maximum Gasteiger partial charge on any atom is 0.148 e. The van der Waals surface area contributed by atoms with Crippen LogP contribution in [0.2, 0.25) is 10.0 Å². The molecule has 3 heterocycles. The lowest BCUT2D eigenvalue weighted by Gasteiger charge is -2.18. The molecule has 7 nitrogen and oxygen atoms in total. The Kier molecular flexibility index (Phi) is 4.87. The molecule has 9 heteroatoms. The fourth-order valence-electron chi connectivity index (χ4n) is 3.13. The summed E-state index contributed by atoms with van der Waals surface area (Å²) in [4.78, 5) is 3.98. The van der Waals surface area contributed by atoms with E-state index in [1.165, 1.54) is 0 Å². The minimum atomic E-state index is -0.390. The molecule has 3 aromatic heterocycles. The normalized spacial score (nSPS) is 12.3. The highest BCUT2D eigenvalue weighted by Crippen LogP contribution is 2.38. The van der Waals surface area contributed by atoms with Crippen molar-refractivity contribution < 1.29 is 9.47 Å². The van der Waals surface area contributed by atoms with E-state index in [1.807, 2.05) is 26.2 Å². The van der Waals surface area contributed by atoms with Crippen molar-refractivity contribution in [1.29, 1.82) is 0 Å². The molecule has 0 unspecified atom stereocenters. The van der Waals surface area contributed by atoms with E-state index in [0.29, 0.717) is 27.1 Å². The number of aromatic amines is 1. The van der Waals surface area contributed by atoms with Crippen molar-refractivity contribution in [2.75, 3.05) is 7.11 Å². The number of H-pyrrole nitrogens is 1. The van der Waals surface area contributed by atoms with Crippen LogP contribution in [0, 0.1) is 0 Å². The highest BCUT2D eigenvalue weighted by Gasteiger charge is 2.19. The molecule has 4 rings (SSSR count). The number of ether oxygens (including phenoxy) is 2. The van der Waals surface area contributed by atoms with Crippen LogP contribution in [0.3, 0.4) is 0 Å². The van der Waals surface area contributed by atoms with Gasteiger partial charge in [-0.25, -0.2) is 0 Å². The monoisotopic (exact) mass is 417 g/mol. The van der Waals surface area contributed by atoms with Crippen LogP contribution in [-0.2, 0) is 7.05 Å². The number of rotatable bonds is 5. The topological polar surface area (TPSA) is 77.8 Å². The number of nitrogens with one attached hydrogen (secondary N) is 1. The summed E-state index contributed by atoms with van der Waals surface area (Å²) in [5, 5.41) is 13.4. The number of aromatic nitrogens is 5. The first-order valence-electron chi connectivity index (χ1n) is 8.48. The quantitative estimate of drug-likeness (QED) is 0.503. The van der Waals surface area contributed by atoms with Gasteiger partial charge in [0.15, 0.2) is 0 Å². The van der Waals surface area contributed by atoms with Crippen molar-refractivity contribution >= 4 is 34.1 Å². The van der Waals surface area contributed by atoms with Gasteiger partial charge in [-0.1, -0.05) is 23.2 Å². The molecule has 0 aliphatic rings. The number of methoxy groups -OCH3 is 1. The van der Waals surface area contributed by atoms with E-state index in [9.17, 15) is 0 Å². The molecule has 0 bridgehead atoms. The second-order valence-electron chi connectivity index (χ2n) is 6.30. The Hall–Kier alpha value is -2.77. The van der Waals surface area contributed by atoms with Gasteiger partial charge in [0, 0.05) is 48.2 Å². The molecule has 0 aliphatic heterocycles. The highest BCUT2D eigenvalue weighted by atomic mass is 35.5. The van der Waals surface area contributed by atoms with Gasteiger partial charge < -0.3 is 9.47 Å². The van der Waals surface area contributed by atoms with Crippen LogP contribution in [0.4, 0.5) is 0 Å². The fourth-order valence-corrected chi connectivity index (χ4v) is 3.80. The Balaban J connectivity index is 1.77. The maximum atomic E-state index is 6.26. The number of pyridine rings is 1. The molecular formula is C19H17Cl2N5O2. The number of nitrogens with zero attached hydrogens (tertiary/aromatic N) is 4. The predicted molar refractivity (Wildman–Crippen MR) is 108 cm³/mol. The van der Waals surface area contributed by atoms with Crippen LogP contribution >= 0.6 is 23.2 Å². The van der Waals surface area contributed by atoms with Gasteiger partial charge in [0.05, 0.1) is 23.4 Å². The first-order valence-corrected chi connectivity index (χ1v) is 9.24. The Morgan fingerprint density at radius 1 is 1.14 bits per heavy atom. The molecule has 0 saturated carbocycles. The van der Waals surface area contributed by atoms with Crippen LogP contribution in [0.15, 0.2) is 36.9 Å². The van der Waals surface area contributed by atoms with E-state index in [2.05, 4.69) is 20.3 Å². The van der Waals surface area contributed by atoms with E-state index in [-0.39, 0.29) is 6.10 Å². The zero-order chi connectivity index (χ0) is 19.8. The molecule has 0 saturated heterocycles. The van der Waals surface area contributed by atoms with Gasteiger partial charge in [-0.3, -0.25) is 14.8 Å². The lowest BCUT2D eigenvalue weighted by atomic mass is 10.1. The summed E-state index contributed by atoms with van der Waals surface area (Å²) in [7, 11) is 3.46. The summed E-state index contributed by atoms with van der Waals surface area (Å²) in [6, 6.07) is 3.70. The molecule has 28 heavy (non-hydrogen) atoms. The van der Waals surface area contributed by atoms with Crippen LogP contribution in [0.5, 0.6) is 11.5 Å². The first kappa shape index (κ1) is 18.6. The Morgan fingerprint density at radius 2 is 1.89 bits per heavy atom. The van der Waals surface area contributed by atoms with Gasteiger partial charge >= 0.3 is 0 Å². The second kappa shape index (κ2) is 7.33. The maximum absolute atomic E-state index is 6.26. The SMILES string of the molecule is COc1cc(O[C@H](C)c2c(Cl)cncc2Cl)cc2c(-c3cnn(C)c3)n[nH]c12. The average Bonchev–Trinajstić information content (AvgIpc) is 3.26. The van der Waals surface area contributed by atoms with Gasteiger partial charge in [-0.15, -0.1) is 0 Å².